The van der Waals surface area contributed by atoms with E-state index in [1.807, 2.05) is 13.8 Å². The minimum Gasteiger partial charge on any atom is -0.495 e. The molecule has 0 spiro atoms. The highest BCUT2D eigenvalue weighted by molar-refractivity contribution is 5.96. The number of amides is 1. The molecule has 0 atom stereocenters. The second-order valence-electron chi connectivity index (χ2n) is 5.84. The van der Waals surface area contributed by atoms with Gasteiger partial charge in [0.15, 0.2) is 6.61 Å². The van der Waals surface area contributed by atoms with Gasteiger partial charge in [-0.1, -0.05) is 0 Å². The van der Waals surface area contributed by atoms with Gasteiger partial charge in [0.2, 0.25) is 0 Å². The largest absolute Gasteiger partial charge is 0.495 e. The molecule has 1 N–H and O–H groups in total. The smallest absolute Gasteiger partial charge is 0.331 e. The number of rotatable bonds is 7. The van der Waals surface area contributed by atoms with Crippen molar-refractivity contribution in [3.63, 3.8) is 0 Å². The highest BCUT2D eigenvalue weighted by Gasteiger charge is 2.14. The van der Waals surface area contributed by atoms with Crippen molar-refractivity contribution in [2.75, 3.05) is 19.0 Å². The first kappa shape index (κ1) is 20.6. The second-order valence-corrected chi connectivity index (χ2v) is 5.84. The quantitative estimate of drug-likeness (QED) is 0.333. The fourth-order valence-corrected chi connectivity index (χ4v) is 2.46. The number of anilines is 1. The standard InChI is InChI=1S/C18H20N4O6/c1-11-14(12(2)21(3)20-11)6-8-18(24)28-10-17(23)19-15-9-13(22(25)26)5-7-16(15)27-4/h5-9H,10H2,1-4H3,(H,19,23)/b8-6+. The van der Waals surface area contributed by atoms with E-state index in [4.69, 9.17) is 9.47 Å². The number of ether oxygens (including phenoxy) is 2. The fourth-order valence-electron chi connectivity index (χ4n) is 2.46. The van der Waals surface area contributed by atoms with Crippen molar-refractivity contribution < 1.29 is 24.0 Å². The van der Waals surface area contributed by atoms with Crippen molar-refractivity contribution in [2.45, 2.75) is 13.8 Å². The zero-order valence-corrected chi connectivity index (χ0v) is 15.9. The average molecular weight is 388 g/mol. The molecule has 1 aromatic carbocycles. The topological polar surface area (TPSA) is 126 Å². The summed E-state index contributed by atoms with van der Waals surface area (Å²) in [6.45, 7) is 3.13. The minimum atomic E-state index is -0.705. The summed E-state index contributed by atoms with van der Waals surface area (Å²) in [6.07, 6.45) is 2.78. The van der Waals surface area contributed by atoms with Crippen molar-refractivity contribution in [2.24, 2.45) is 7.05 Å². The van der Waals surface area contributed by atoms with Gasteiger partial charge in [0, 0.05) is 36.5 Å². The number of carbonyl (C=O) groups is 2. The van der Waals surface area contributed by atoms with E-state index in [-0.39, 0.29) is 17.1 Å². The van der Waals surface area contributed by atoms with Gasteiger partial charge in [0.1, 0.15) is 5.75 Å². The first-order chi connectivity index (χ1) is 13.2. The number of aryl methyl sites for hydroxylation is 2. The third-order valence-electron chi connectivity index (χ3n) is 3.96. The molecule has 0 bridgehead atoms. The van der Waals surface area contributed by atoms with Crippen LogP contribution in [0.3, 0.4) is 0 Å². The third-order valence-corrected chi connectivity index (χ3v) is 3.96. The van der Waals surface area contributed by atoms with Crippen molar-refractivity contribution in [1.29, 1.82) is 0 Å². The first-order valence-corrected chi connectivity index (χ1v) is 8.20. The minimum absolute atomic E-state index is 0.106. The predicted molar refractivity (Wildman–Crippen MR) is 101 cm³/mol. The van der Waals surface area contributed by atoms with Gasteiger partial charge >= 0.3 is 5.97 Å². The van der Waals surface area contributed by atoms with Crippen LogP contribution in [0.5, 0.6) is 5.75 Å². The number of non-ortho nitro benzene ring substituents is 1. The van der Waals surface area contributed by atoms with Gasteiger partial charge in [0.05, 0.1) is 23.4 Å². The molecular formula is C18H20N4O6. The number of nitrogens with zero attached hydrogens (tertiary/aromatic N) is 3. The van der Waals surface area contributed by atoms with Gasteiger partial charge in [-0.2, -0.15) is 5.10 Å². The Morgan fingerprint density at radius 2 is 2.07 bits per heavy atom. The number of esters is 1. The number of aromatic nitrogens is 2. The molecule has 1 amide bonds. The number of nitro groups is 1. The molecule has 28 heavy (non-hydrogen) atoms. The number of hydrogen-bond donors (Lipinski definition) is 1. The summed E-state index contributed by atoms with van der Waals surface area (Å²) in [6, 6.07) is 3.77. The molecule has 148 valence electrons. The Bertz CT molecular complexity index is 948. The fraction of sp³-hybridized carbons (Fsp3) is 0.278. The molecule has 0 saturated heterocycles. The van der Waals surface area contributed by atoms with Crippen LogP contribution < -0.4 is 10.1 Å². The Hall–Kier alpha value is -3.69. The number of nitrogens with one attached hydrogen (secondary N) is 1. The zero-order valence-electron chi connectivity index (χ0n) is 15.9. The second kappa shape index (κ2) is 8.80. The van der Waals surface area contributed by atoms with Crippen LogP contribution in [0.1, 0.15) is 17.0 Å². The van der Waals surface area contributed by atoms with Gasteiger partial charge in [0.25, 0.3) is 11.6 Å². The molecule has 0 saturated carbocycles. The molecule has 0 unspecified atom stereocenters. The van der Waals surface area contributed by atoms with Crippen LogP contribution in [-0.4, -0.2) is 40.3 Å². The van der Waals surface area contributed by atoms with E-state index in [2.05, 4.69) is 10.4 Å². The van der Waals surface area contributed by atoms with Gasteiger partial charge < -0.3 is 14.8 Å². The summed E-state index contributed by atoms with van der Waals surface area (Å²) >= 11 is 0. The van der Waals surface area contributed by atoms with Crippen LogP contribution in [0.15, 0.2) is 24.3 Å². The maximum absolute atomic E-state index is 12.0. The van der Waals surface area contributed by atoms with E-state index < -0.39 is 23.4 Å². The number of carbonyl (C=O) groups excluding carboxylic acids is 2. The van der Waals surface area contributed by atoms with Crippen LogP contribution in [0.4, 0.5) is 11.4 Å². The van der Waals surface area contributed by atoms with Gasteiger partial charge in [-0.25, -0.2) is 4.79 Å². The molecule has 0 aliphatic heterocycles. The lowest BCUT2D eigenvalue weighted by atomic mass is 10.2. The van der Waals surface area contributed by atoms with Crippen molar-refractivity contribution in [3.8, 4) is 5.75 Å². The molecule has 0 aliphatic carbocycles. The molecule has 0 aliphatic rings. The van der Waals surface area contributed by atoms with Crippen LogP contribution in [0.25, 0.3) is 6.08 Å². The number of methoxy groups -OCH3 is 1. The molecule has 0 fully saturated rings. The number of hydrogen-bond acceptors (Lipinski definition) is 7. The van der Waals surface area contributed by atoms with Crippen LogP contribution >= 0.6 is 0 Å². The van der Waals surface area contributed by atoms with E-state index in [1.54, 1.807) is 17.8 Å². The van der Waals surface area contributed by atoms with Crippen molar-refractivity contribution in [3.05, 3.63) is 51.3 Å². The van der Waals surface area contributed by atoms with E-state index in [0.29, 0.717) is 0 Å². The number of benzene rings is 1. The highest BCUT2D eigenvalue weighted by Crippen LogP contribution is 2.28. The van der Waals surface area contributed by atoms with Gasteiger partial charge in [-0.05, 0) is 26.0 Å². The van der Waals surface area contributed by atoms with Crippen molar-refractivity contribution in [1.82, 2.24) is 9.78 Å². The van der Waals surface area contributed by atoms with Crippen molar-refractivity contribution >= 4 is 29.3 Å². The average Bonchev–Trinajstić information content (AvgIpc) is 2.89. The molecule has 10 nitrogen and oxygen atoms in total. The molecule has 0 radical (unpaired) electrons. The summed E-state index contributed by atoms with van der Waals surface area (Å²) in [7, 11) is 3.16. The van der Waals surface area contributed by atoms with E-state index in [1.165, 1.54) is 25.3 Å². The van der Waals surface area contributed by atoms with E-state index in [0.717, 1.165) is 23.0 Å². The van der Waals surface area contributed by atoms with Crippen LogP contribution in [-0.2, 0) is 21.4 Å². The highest BCUT2D eigenvalue weighted by atomic mass is 16.6. The zero-order chi connectivity index (χ0) is 20.8. The monoisotopic (exact) mass is 388 g/mol. The molecule has 2 rings (SSSR count). The number of nitro benzene ring substituents is 1. The molecule has 2 aromatic rings. The summed E-state index contributed by atoms with van der Waals surface area (Å²) in [5.74, 6) is -1.12. The van der Waals surface area contributed by atoms with Crippen LogP contribution in [0, 0.1) is 24.0 Å². The Kier molecular flexibility index (Phi) is 6.48. The SMILES string of the molecule is COc1ccc([N+](=O)[O-])cc1NC(=O)COC(=O)/C=C/c1c(C)nn(C)c1C. The van der Waals surface area contributed by atoms with E-state index in [9.17, 15) is 19.7 Å². The predicted octanol–water partition coefficient (Wildman–Crippen LogP) is 2.15. The maximum atomic E-state index is 12.0. The van der Waals surface area contributed by atoms with Crippen LogP contribution in [0.2, 0.25) is 0 Å². The lowest BCUT2D eigenvalue weighted by molar-refractivity contribution is -0.384. The third kappa shape index (κ3) is 4.93. The van der Waals surface area contributed by atoms with Gasteiger partial charge in [-0.15, -0.1) is 0 Å². The first-order valence-electron chi connectivity index (χ1n) is 8.20. The Morgan fingerprint density at radius 1 is 1.36 bits per heavy atom. The van der Waals surface area contributed by atoms with E-state index >= 15 is 0 Å². The molecule has 1 aromatic heterocycles. The Morgan fingerprint density at radius 3 is 2.64 bits per heavy atom. The maximum Gasteiger partial charge on any atom is 0.331 e. The Balaban J connectivity index is 1.97. The normalized spacial score (nSPS) is 10.7. The molecular weight excluding hydrogens is 368 g/mol. The summed E-state index contributed by atoms with van der Waals surface area (Å²) in [4.78, 5) is 34.1. The summed E-state index contributed by atoms with van der Waals surface area (Å²) < 4.78 is 11.6. The lowest BCUT2D eigenvalue weighted by Gasteiger charge is -2.09. The molecule has 10 heteroatoms. The summed E-state index contributed by atoms with van der Waals surface area (Å²) in [5.41, 5.74) is 2.34. The Labute approximate surface area is 160 Å². The lowest BCUT2D eigenvalue weighted by Crippen LogP contribution is -2.20. The van der Waals surface area contributed by atoms with Gasteiger partial charge in [-0.3, -0.25) is 19.6 Å². The molecule has 1 heterocycles. The summed E-state index contributed by atoms with van der Waals surface area (Å²) in [5, 5.41) is 17.5.